The minimum Gasteiger partial charge on any atom is -0.493 e. The van der Waals surface area contributed by atoms with Crippen LogP contribution in [0.25, 0.3) is 21.8 Å². The Bertz CT molecular complexity index is 1420. The molecule has 6 nitrogen and oxygen atoms in total. The molecular weight excluding hydrogens is 424 g/mol. The highest BCUT2D eigenvalue weighted by Crippen LogP contribution is 2.25. The van der Waals surface area contributed by atoms with Crippen molar-refractivity contribution in [3.63, 3.8) is 0 Å². The summed E-state index contributed by atoms with van der Waals surface area (Å²) in [6.45, 7) is 1.75. The van der Waals surface area contributed by atoms with Crippen LogP contribution < -0.4 is 4.74 Å². The highest BCUT2D eigenvalue weighted by Gasteiger charge is 2.17. The molecule has 0 fully saturated rings. The van der Waals surface area contributed by atoms with Gasteiger partial charge in [0.05, 0.1) is 24.2 Å². The Morgan fingerprint density at radius 2 is 1.71 bits per heavy atom. The molecule has 0 unspecified atom stereocenters. The van der Waals surface area contributed by atoms with Crippen molar-refractivity contribution in [3.05, 3.63) is 103 Å². The van der Waals surface area contributed by atoms with Gasteiger partial charge in [-0.25, -0.2) is 4.98 Å². The number of nitrogens with zero attached hydrogens (tertiary/aromatic N) is 4. The molecule has 34 heavy (non-hydrogen) atoms. The Kier molecular flexibility index (Phi) is 6.21. The molecule has 0 saturated heterocycles. The summed E-state index contributed by atoms with van der Waals surface area (Å²) in [6, 6.07) is 25.9. The first-order valence-electron chi connectivity index (χ1n) is 11.4. The lowest BCUT2D eigenvalue weighted by Crippen LogP contribution is -2.28. The molecule has 0 bridgehead atoms. The molecular formula is C28H26N4O2. The number of aromatic nitrogens is 3. The third-order valence-corrected chi connectivity index (χ3v) is 5.92. The van der Waals surface area contributed by atoms with Gasteiger partial charge in [0.1, 0.15) is 11.6 Å². The van der Waals surface area contributed by atoms with Crippen LogP contribution in [0.1, 0.15) is 22.6 Å². The highest BCUT2D eigenvalue weighted by molar-refractivity contribution is 5.93. The predicted molar refractivity (Wildman–Crippen MR) is 134 cm³/mol. The van der Waals surface area contributed by atoms with E-state index in [0.717, 1.165) is 41.0 Å². The fourth-order valence-corrected chi connectivity index (χ4v) is 4.22. The number of benzene rings is 3. The average molecular weight is 451 g/mol. The molecule has 0 aliphatic carbocycles. The molecule has 0 aliphatic rings. The van der Waals surface area contributed by atoms with Gasteiger partial charge in [0.25, 0.3) is 5.91 Å². The van der Waals surface area contributed by atoms with E-state index >= 15 is 0 Å². The fourth-order valence-electron chi connectivity index (χ4n) is 4.22. The van der Waals surface area contributed by atoms with Crippen molar-refractivity contribution < 1.29 is 9.53 Å². The van der Waals surface area contributed by atoms with E-state index in [9.17, 15) is 4.79 Å². The lowest BCUT2D eigenvalue weighted by molar-refractivity contribution is 0.0780. The molecule has 5 rings (SSSR count). The molecule has 3 aromatic carbocycles. The quantitative estimate of drug-likeness (QED) is 0.300. The van der Waals surface area contributed by atoms with Crippen LogP contribution in [-0.2, 0) is 13.1 Å². The maximum atomic E-state index is 12.8. The molecule has 0 saturated carbocycles. The fraction of sp³-hybridized carbons (Fsp3) is 0.179. The van der Waals surface area contributed by atoms with Crippen LogP contribution in [0.15, 0.2) is 91.3 Å². The van der Waals surface area contributed by atoms with E-state index in [1.165, 1.54) is 5.39 Å². The molecule has 0 aliphatic heterocycles. The summed E-state index contributed by atoms with van der Waals surface area (Å²) in [5, 5.41) is 2.29. The van der Waals surface area contributed by atoms with Crippen LogP contribution in [0.4, 0.5) is 0 Å². The van der Waals surface area contributed by atoms with Gasteiger partial charge in [0.15, 0.2) is 0 Å². The first-order chi connectivity index (χ1) is 16.7. The van der Waals surface area contributed by atoms with E-state index in [-0.39, 0.29) is 5.91 Å². The van der Waals surface area contributed by atoms with Crippen LogP contribution >= 0.6 is 0 Å². The van der Waals surface area contributed by atoms with Crippen LogP contribution in [0.2, 0.25) is 0 Å². The standard InChI is InChI=1S/C28H26N4O2/c1-31(28(33)22-14-16-29-17-15-22)20-27-30-24-11-4-5-12-25(24)32(27)18-7-19-34-26-13-6-9-21-8-2-3-10-23(21)26/h2-6,8-17H,7,18-20H2,1H3. The molecule has 0 radical (unpaired) electrons. The van der Waals surface area contributed by atoms with Gasteiger partial charge in [-0.15, -0.1) is 0 Å². The second kappa shape index (κ2) is 9.75. The summed E-state index contributed by atoms with van der Waals surface area (Å²) < 4.78 is 8.34. The minimum atomic E-state index is -0.0553. The largest absolute Gasteiger partial charge is 0.493 e. The Morgan fingerprint density at radius 1 is 0.941 bits per heavy atom. The van der Waals surface area contributed by atoms with Crippen LogP contribution in [0.5, 0.6) is 5.75 Å². The number of carbonyl (C=O) groups excluding carboxylic acids is 1. The lowest BCUT2D eigenvalue weighted by Gasteiger charge is -2.18. The Labute approximate surface area is 198 Å². The van der Waals surface area contributed by atoms with Crippen molar-refractivity contribution in [2.45, 2.75) is 19.5 Å². The molecule has 2 heterocycles. The van der Waals surface area contributed by atoms with Gasteiger partial charge in [-0.05, 0) is 42.1 Å². The summed E-state index contributed by atoms with van der Waals surface area (Å²) in [5.74, 6) is 1.70. The van der Waals surface area contributed by atoms with Crippen molar-refractivity contribution in [3.8, 4) is 5.75 Å². The molecule has 0 N–H and O–H groups in total. The third-order valence-electron chi connectivity index (χ3n) is 5.92. The topological polar surface area (TPSA) is 60.2 Å². The van der Waals surface area contributed by atoms with Crippen molar-refractivity contribution in [1.29, 1.82) is 0 Å². The number of carbonyl (C=O) groups is 1. The van der Waals surface area contributed by atoms with E-state index in [2.05, 4.69) is 33.8 Å². The maximum absolute atomic E-state index is 12.8. The van der Waals surface area contributed by atoms with E-state index < -0.39 is 0 Å². The van der Waals surface area contributed by atoms with Crippen molar-refractivity contribution >= 4 is 27.7 Å². The van der Waals surface area contributed by atoms with E-state index in [4.69, 9.17) is 9.72 Å². The summed E-state index contributed by atoms with van der Waals surface area (Å²) >= 11 is 0. The first-order valence-corrected chi connectivity index (χ1v) is 11.4. The number of hydrogen-bond acceptors (Lipinski definition) is 4. The van der Waals surface area contributed by atoms with Gasteiger partial charge in [-0.1, -0.05) is 48.5 Å². The Hall–Kier alpha value is -4.19. The van der Waals surface area contributed by atoms with E-state index in [1.807, 2.05) is 42.5 Å². The summed E-state index contributed by atoms with van der Waals surface area (Å²) in [6.07, 6.45) is 4.08. The second-order valence-electron chi connectivity index (χ2n) is 8.24. The van der Waals surface area contributed by atoms with Gasteiger partial charge in [-0.2, -0.15) is 0 Å². The highest BCUT2D eigenvalue weighted by atomic mass is 16.5. The molecule has 1 amide bonds. The molecule has 0 spiro atoms. The maximum Gasteiger partial charge on any atom is 0.254 e. The number of para-hydroxylation sites is 2. The zero-order valence-electron chi connectivity index (χ0n) is 19.1. The Morgan fingerprint density at radius 3 is 2.59 bits per heavy atom. The van der Waals surface area contributed by atoms with E-state index in [0.29, 0.717) is 18.7 Å². The SMILES string of the molecule is CN(Cc1nc2ccccc2n1CCCOc1cccc2ccccc12)C(=O)c1ccncc1. The number of pyridine rings is 1. The number of amides is 1. The number of ether oxygens (including phenoxy) is 1. The predicted octanol–water partition coefficient (Wildman–Crippen LogP) is 5.33. The molecule has 170 valence electrons. The zero-order chi connectivity index (χ0) is 23.3. The average Bonchev–Trinajstić information content (AvgIpc) is 3.23. The molecule has 2 aromatic heterocycles. The summed E-state index contributed by atoms with van der Waals surface area (Å²) in [7, 11) is 1.80. The number of imidazole rings is 1. The normalized spacial score (nSPS) is 11.1. The third kappa shape index (κ3) is 4.48. The van der Waals surface area contributed by atoms with Gasteiger partial charge in [0, 0.05) is 36.9 Å². The molecule has 0 atom stereocenters. The van der Waals surface area contributed by atoms with Crippen molar-refractivity contribution in [1.82, 2.24) is 19.4 Å². The van der Waals surface area contributed by atoms with Gasteiger partial charge in [0.2, 0.25) is 0 Å². The van der Waals surface area contributed by atoms with Crippen molar-refractivity contribution in [2.75, 3.05) is 13.7 Å². The van der Waals surface area contributed by atoms with Crippen LogP contribution in [-0.4, -0.2) is 39.0 Å². The lowest BCUT2D eigenvalue weighted by atomic mass is 10.1. The van der Waals surface area contributed by atoms with Crippen LogP contribution in [0, 0.1) is 0 Å². The zero-order valence-corrected chi connectivity index (χ0v) is 19.1. The van der Waals surface area contributed by atoms with Gasteiger partial charge >= 0.3 is 0 Å². The summed E-state index contributed by atoms with van der Waals surface area (Å²) in [4.78, 5) is 23.4. The minimum absolute atomic E-state index is 0.0553. The van der Waals surface area contributed by atoms with E-state index in [1.54, 1.807) is 36.5 Å². The smallest absolute Gasteiger partial charge is 0.254 e. The van der Waals surface area contributed by atoms with Gasteiger partial charge in [-0.3, -0.25) is 9.78 Å². The first kappa shape index (κ1) is 21.6. The molecule has 6 heteroatoms. The summed E-state index contributed by atoms with van der Waals surface area (Å²) in [5.41, 5.74) is 2.60. The Balaban J connectivity index is 1.30. The van der Waals surface area contributed by atoms with Gasteiger partial charge < -0.3 is 14.2 Å². The van der Waals surface area contributed by atoms with Crippen LogP contribution in [0.3, 0.4) is 0 Å². The number of rotatable bonds is 8. The molecule has 5 aromatic rings. The number of hydrogen-bond donors (Lipinski definition) is 0. The number of aryl methyl sites for hydroxylation is 1. The monoisotopic (exact) mass is 450 g/mol. The van der Waals surface area contributed by atoms with Crippen molar-refractivity contribution in [2.24, 2.45) is 0 Å². The number of fused-ring (bicyclic) bond motifs is 2. The second-order valence-corrected chi connectivity index (χ2v) is 8.24.